The van der Waals surface area contributed by atoms with E-state index in [1.54, 1.807) is 6.33 Å². The maximum atomic E-state index is 11.8. The molecule has 0 bridgehead atoms. The monoisotopic (exact) mass is 346 g/mol. The highest BCUT2D eigenvalue weighted by Gasteiger charge is 2.36. The molecule has 9 heteroatoms. The predicted octanol–water partition coefficient (Wildman–Crippen LogP) is -1.15. The van der Waals surface area contributed by atoms with Crippen LogP contribution in [0, 0.1) is 0 Å². The molecule has 1 N–H and O–H groups in total. The second-order valence-electron chi connectivity index (χ2n) is 6.49. The van der Waals surface area contributed by atoms with Gasteiger partial charge in [0.2, 0.25) is 11.8 Å². The number of carbonyl (C=O) groups is 2. The summed E-state index contributed by atoms with van der Waals surface area (Å²) in [6, 6.07) is 1.70. The van der Waals surface area contributed by atoms with Gasteiger partial charge in [-0.3, -0.25) is 19.8 Å². The minimum Gasteiger partial charge on any atom is -0.378 e. The van der Waals surface area contributed by atoms with Crippen LogP contribution in [0.5, 0.6) is 0 Å². The summed E-state index contributed by atoms with van der Waals surface area (Å²) in [4.78, 5) is 38.5. The van der Waals surface area contributed by atoms with Crippen molar-refractivity contribution in [3.05, 3.63) is 12.4 Å². The summed E-state index contributed by atoms with van der Waals surface area (Å²) in [5.74, 6) is 1.48. The van der Waals surface area contributed by atoms with Crippen LogP contribution in [0.1, 0.15) is 6.42 Å². The Kier molecular flexibility index (Phi) is 4.50. The average molecular weight is 346 g/mol. The minimum atomic E-state index is -0.316. The van der Waals surface area contributed by atoms with Gasteiger partial charge >= 0.3 is 0 Å². The second-order valence-corrected chi connectivity index (χ2v) is 6.49. The molecule has 4 rings (SSSR count). The number of rotatable bonds is 3. The molecule has 0 aliphatic carbocycles. The lowest BCUT2D eigenvalue weighted by atomic mass is 10.1. The van der Waals surface area contributed by atoms with Crippen molar-refractivity contribution in [3.63, 3.8) is 0 Å². The first-order valence-electron chi connectivity index (χ1n) is 8.68. The zero-order valence-electron chi connectivity index (χ0n) is 14.1. The first-order valence-corrected chi connectivity index (χ1v) is 8.68. The lowest BCUT2D eigenvalue weighted by Gasteiger charge is -2.37. The highest BCUT2D eigenvalue weighted by molar-refractivity contribution is 6.05. The number of carbonyl (C=O) groups excluding carboxylic acids is 2. The molecule has 1 atom stereocenters. The molecule has 4 heterocycles. The molecule has 0 aromatic carbocycles. The maximum absolute atomic E-state index is 11.8. The van der Waals surface area contributed by atoms with E-state index in [0.29, 0.717) is 0 Å². The van der Waals surface area contributed by atoms with Gasteiger partial charge in [0.15, 0.2) is 0 Å². The van der Waals surface area contributed by atoms with Gasteiger partial charge in [0, 0.05) is 45.3 Å². The molecule has 9 nitrogen and oxygen atoms in total. The number of ether oxygens (including phenoxy) is 1. The van der Waals surface area contributed by atoms with E-state index in [-0.39, 0.29) is 24.3 Å². The molecule has 1 aromatic rings. The quantitative estimate of drug-likeness (QED) is 0.686. The zero-order valence-corrected chi connectivity index (χ0v) is 14.1. The number of piperazine rings is 1. The Balaban J connectivity index is 1.39. The molecule has 3 saturated heterocycles. The highest BCUT2D eigenvalue weighted by atomic mass is 16.5. The van der Waals surface area contributed by atoms with Crippen LogP contribution in [0.4, 0.5) is 11.6 Å². The van der Waals surface area contributed by atoms with Gasteiger partial charge in [-0.2, -0.15) is 0 Å². The van der Waals surface area contributed by atoms with E-state index in [1.807, 2.05) is 6.07 Å². The van der Waals surface area contributed by atoms with Crippen LogP contribution in [0.3, 0.4) is 0 Å². The molecule has 3 aliphatic heterocycles. The van der Waals surface area contributed by atoms with Gasteiger partial charge in [0.05, 0.1) is 25.7 Å². The third kappa shape index (κ3) is 3.42. The number of morpholine rings is 1. The maximum Gasteiger partial charge on any atom is 0.244 e. The third-order valence-corrected chi connectivity index (χ3v) is 5.00. The van der Waals surface area contributed by atoms with Gasteiger partial charge in [0.25, 0.3) is 0 Å². The summed E-state index contributed by atoms with van der Waals surface area (Å²) in [5, 5.41) is 2.38. The van der Waals surface area contributed by atoms with E-state index < -0.39 is 0 Å². The number of imide groups is 1. The number of amides is 2. The van der Waals surface area contributed by atoms with E-state index in [2.05, 4.69) is 30.0 Å². The van der Waals surface area contributed by atoms with Crippen molar-refractivity contribution in [3.8, 4) is 0 Å². The number of hydrogen-bond donors (Lipinski definition) is 1. The zero-order chi connectivity index (χ0) is 17.2. The molecular weight excluding hydrogens is 324 g/mol. The fraction of sp³-hybridized carbons (Fsp3) is 0.625. The molecule has 0 radical (unpaired) electrons. The Hall–Kier alpha value is -2.26. The molecule has 0 saturated carbocycles. The van der Waals surface area contributed by atoms with E-state index >= 15 is 0 Å². The lowest BCUT2D eigenvalue weighted by molar-refractivity contribution is -0.126. The van der Waals surface area contributed by atoms with Gasteiger partial charge in [-0.1, -0.05) is 0 Å². The minimum absolute atomic E-state index is 0.171. The van der Waals surface area contributed by atoms with E-state index in [9.17, 15) is 9.59 Å². The molecule has 1 unspecified atom stereocenters. The van der Waals surface area contributed by atoms with Crippen LogP contribution in [-0.2, 0) is 14.3 Å². The molecule has 3 aliphatic rings. The number of aromatic nitrogens is 2. The van der Waals surface area contributed by atoms with E-state index in [0.717, 1.165) is 64.1 Å². The van der Waals surface area contributed by atoms with Crippen LogP contribution in [-0.4, -0.2) is 85.2 Å². The van der Waals surface area contributed by atoms with Crippen LogP contribution in [0.25, 0.3) is 0 Å². The van der Waals surface area contributed by atoms with Crippen molar-refractivity contribution in [2.24, 2.45) is 0 Å². The smallest absolute Gasteiger partial charge is 0.244 e. The predicted molar refractivity (Wildman–Crippen MR) is 90.4 cm³/mol. The molecule has 1 aromatic heterocycles. The van der Waals surface area contributed by atoms with Crippen molar-refractivity contribution in [2.75, 3.05) is 62.3 Å². The fourth-order valence-electron chi connectivity index (χ4n) is 3.57. The molecule has 134 valence electrons. The summed E-state index contributed by atoms with van der Waals surface area (Å²) < 4.78 is 5.39. The van der Waals surface area contributed by atoms with Crippen LogP contribution in [0.15, 0.2) is 12.4 Å². The van der Waals surface area contributed by atoms with E-state index in [4.69, 9.17) is 4.74 Å². The standard InChI is InChI=1S/C16H22N6O3/c23-15-9-12(16(24)19-15)20-1-3-21(4-2-20)13-10-14(18-11-17-13)22-5-7-25-8-6-22/h10-12H,1-9H2,(H,19,23,24). The summed E-state index contributed by atoms with van der Waals surface area (Å²) in [6.07, 6.45) is 1.88. The first kappa shape index (κ1) is 16.2. The van der Waals surface area contributed by atoms with Gasteiger partial charge in [-0.15, -0.1) is 0 Å². The molecule has 25 heavy (non-hydrogen) atoms. The lowest BCUT2D eigenvalue weighted by Crippen LogP contribution is -2.52. The van der Waals surface area contributed by atoms with Gasteiger partial charge in [-0.05, 0) is 0 Å². The Morgan fingerprint density at radius 2 is 1.60 bits per heavy atom. The van der Waals surface area contributed by atoms with Crippen LogP contribution in [0.2, 0.25) is 0 Å². The average Bonchev–Trinajstić information content (AvgIpc) is 3.01. The Labute approximate surface area is 145 Å². The fourth-order valence-corrected chi connectivity index (χ4v) is 3.57. The second kappa shape index (κ2) is 6.93. The van der Waals surface area contributed by atoms with Gasteiger partial charge in [0.1, 0.15) is 18.0 Å². The highest BCUT2D eigenvalue weighted by Crippen LogP contribution is 2.21. The molecule has 3 fully saturated rings. The van der Waals surface area contributed by atoms with Crippen LogP contribution >= 0.6 is 0 Å². The normalized spacial score (nSPS) is 25.4. The van der Waals surface area contributed by atoms with Crippen molar-refractivity contribution in [1.82, 2.24) is 20.2 Å². The van der Waals surface area contributed by atoms with Crippen molar-refractivity contribution < 1.29 is 14.3 Å². The molecule has 0 spiro atoms. The van der Waals surface area contributed by atoms with Crippen molar-refractivity contribution in [2.45, 2.75) is 12.5 Å². The summed E-state index contributed by atoms with van der Waals surface area (Å²) in [5.41, 5.74) is 0. The summed E-state index contributed by atoms with van der Waals surface area (Å²) in [6.45, 7) is 6.16. The Morgan fingerprint density at radius 1 is 0.960 bits per heavy atom. The molecule has 2 amide bonds. The Morgan fingerprint density at radius 3 is 2.20 bits per heavy atom. The van der Waals surface area contributed by atoms with Crippen molar-refractivity contribution in [1.29, 1.82) is 0 Å². The van der Waals surface area contributed by atoms with E-state index in [1.165, 1.54) is 0 Å². The van der Waals surface area contributed by atoms with Crippen LogP contribution < -0.4 is 15.1 Å². The topological polar surface area (TPSA) is 90.9 Å². The van der Waals surface area contributed by atoms with Gasteiger partial charge in [-0.25, -0.2) is 9.97 Å². The number of nitrogens with one attached hydrogen (secondary N) is 1. The Bertz CT molecular complexity index is 655. The number of nitrogens with zero attached hydrogens (tertiary/aromatic N) is 5. The number of hydrogen-bond acceptors (Lipinski definition) is 8. The summed E-state index contributed by atoms with van der Waals surface area (Å²) >= 11 is 0. The number of anilines is 2. The SMILES string of the molecule is O=C1CC(N2CCN(c3cc(N4CCOCC4)ncn3)CC2)C(=O)N1. The first-order chi connectivity index (χ1) is 12.2. The third-order valence-electron chi connectivity index (χ3n) is 5.00. The van der Waals surface area contributed by atoms with Gasteiger partial charge < -0.3 is 14.5 Å². The van der Waals surface area contributed by atoms with Crippen molar-refractivity contribution >= 4 is 23.5 Å². The summed E-state index contributed by atoms with van der Waals surface area (Å²) in [7, 11) is 0. The largest absolute Gasteiger partial charge is 0.378 e. The molecular formula is C16H22N6O3.